The van der Waals surface area contributed by atoms with Gasteiger partial charge in [-0.05, 0) is 36.2 Å². The molecule has 0 atom stereocenters. The van der Waals surface area contributed by atoms with Crippen LogP contribution in [0.2, 0.25) is 0 Å². The molecular formula is C20H23F2N3O2. The van der Waals surface area contributed by atoms with Crippen molar-refractivity contribution in [3.63, 3.8) is 0 Å². The number of nitrogens with one attached hydrogen (secondary N) is 1. The normalized spacial score (nSPS) is 14.9. The first-order valence-electron chi connectivity index (χ1n) is 8.91. The molecule has 2 amide bonds. The van der Waals surface area contributed by atoms with Gasteiger partial charge in [-0.3, -0.25) is 4.90 Å². The van der Waals surface area contributed by atoms with Crippen LogP contribution >= 0.6 is 0 Å². The van der Waals surface area contributed by atoms with Gasteiger partial charge in [0, 0.05) is 44.5 Å². The second-order valence-electron chi connectivity index (χ2n) is 6.49. The number of methoxy groups -OCH3 is 1. The van der Waals surface area contributed by atoms with Gasteiger partial charge in [-0.25, -0.2) is 13.6 Å². The second-order valence-corrected chi connectivity index (χ2v) is 6.49. The van der Waals surface area contributed by atoms with Crippen LogP contribution < -0.4 is 10.1 Å². The molecule has 1 fully saturated rings. The first-order chi connectivity index (χ1) is 13.0. The molecule has 2 aromatic carbocycles. The van der Waals surface area contributed by atoms with E-state index in [0.29, 0.717) is 13.1 Å². The minimum atomic E-state index is -0.977. The zero-order chi connectivity index (χ0) is 19.2. The molecule has 0 aliphatic carbocycles. The Morgan fingerprint density at radius 2 is 1.85 bits per heavy atom. The average molecular weight is 375 g/mol. The number of nitrogens with zero attached hydrogens (tertiary/aromatic N) is 2. The lowest BCUT2D eigenvalue weighted by Crippen LogP contribution is -2.50. The Morgan fingerprint density at radius 3 is 2.56 bits per heavy atom. The predicted molar refractivity (Wildman–Crippen MR) is 100 cm³/mol. The number of hydrogen-bond acceptors (Lipinski definition) is 3. The van der Waals surface area contributed by atoms with E-state index in [-0.39, 0.29) is 11.7 Å². The molecule has 0 spiro atoms. The van der Waals surface area contributed by atoms with Crippen molar-refractivity contribution < 1.29 is 18.3 Å². The molecule has 1 aliphatic heterocycles. The number of piperazine rings is 1. The minimum absolute atomic E-state index is 0.249. The summed E-state index contributed by atoms with van der Waals surface area (Å²) in [6, 6.07) is 11.1. The van der Waals surface area contributed by atoms with Crippen molar-refractivity contribution in [1.82, 2.24) is 9.80 Å². The fraction of sp³-hybridized carbons (Fsp3) is 0.350. The van der Waals surface area contributed by atoms with Crippen LogP contribution in [0.3, 0.4) is 0 Å². The molecule has 0 unspecified atom stereocenters. The molecule has 0 aromatic heterocycles. The molecule has 5 nitrogen and oxygen atoms in total. The van der Waals surface area contributed by atoms with E-state index in [4.69, 9.17) is 4.74 Å². The molecule has 1 heterocycles. The van der Waals surface area contributed by atoms with Crippen LogP contribution in [0.1, 0.15) is 5.56 Å². The number of carbonyl (C=O) groups is 1. The van der Waals surface area contributed by atoms with Crippen molar-refractivity contribution in [2.75, 3.05) is 45.2 Å². The highest BCUT2D eigenvalue weighted by Crippen LogP contribution is 2.15. The molecule has 0 bridgehead atoms. The standard InChI is InChI=1S/C20H23F2N3O2/c1-27-17-4-2-3-15(13-17)7-8-24-9-11-25(12-10-24)20(26)23-16-5-6-18(21)19(22)14-16/h2-6,13-14H,7-12H2,1H3,(H,23,26). The number of urea groups is 1. The summed E-state index contributed by atoms with van der Waals surface area (Å²) in [4.78, 5) is 16.3. The number of carbonyl (C=O) groups excluding carboxylic acids is 1. The highest BCUT2D eigenvalue weighted by atomic mass is 19.2. The van der Waals surface area contributed by atoms with E-state index < -0.39 is 11.6 Å². The Bertz CT molecular complexity index is 793. The summed E-state index contributed by atoms with van der Waals surface area (Å²) < 4.78 is 31.4. The van der Waals surface area contributed by atoms with Gasteiger partial charge in [0.05, 0.1) is 7.11 Å². The summed E-state index contributed by atoms with van der Waals surface area (Å²) in [7, 11) is 1.66. The summed E-state index contributed by atoms with van der Waals surface area (Å²) in [5, 5.41) is 2.61. The Labute approximate surface area is 157 Å². The average Bonchev–Trinajstić information content (AvgIpc) is 2.69. The Kier molecular flexibility index (Phi) is 6.24. The van der Waals surface area contributed by atoms with E-state index in [1.165, 1.54) is 11.6 Å². The number of amides is 2. The number of halogens is 2. The molecule has 144 valence electrons. The zero-order valence-corrected chi connectivity index (χ0v) is 15.3. The van der Waals surface area contributed by atoms with Crippen molar-refractivity contribution >= 4 is 11.7 Å². The van der Waals surface area contributed by atoms with Crippen LogP contribution in [0.5, 0.6) is 5.75 Å². The molecular weight excluding hydrogens is 352 g/mol. The van der Waals surface area contributed by atoms with E-state index in [1.54, 1.807) is 12.0 Å². The molecule has 1 saturated heterocycles. The molecule has 0 saturated carbocycles. The Balaban J connectivity index is 1.45. The monoisotopic (exact) mass is 375 g/mol. The summed E-state index contributed by atoms with van der Waals surface area (Å²) in [6.07, 6.45) is 0.915. The molecule has 3 rings (SSSR count). The number of rotatable bonds is 5. The summed E-state index contributed by atoms with van der Waals surface area (Å²) in [6.45, 7) is 3.64. The minimum Gasteiger partial charge on any atom is -0.497 e. The van der Waals surface area contributed by atoms with Gasteiger partial charge in [-0.2, -0.15) is 0 Å². The van der Waals surface area contributed by atoms with Crippen LogP contribution in [-0.4, -0.2) is 55.7 Å². The number of anilines is 1. The van der Waals surface area contributed by atoms with Crippen LogP contribution in [0.25, 0.3) is 0 Å². The first-order valence-corrected chi connectivity index (χ1v) is 8.91. The third-order valence-electron chi connectivity index (χ3n) is 4.68. The van der Waals surface area contributed by atoms with Gasteiger partial charge >= 0.3 is 6.03 Å². The lowest BCUT2D eigenvalue weighted by molar-refractivity contribution is 0.148. The van der Waals surface area contributed by atoms with Gasteiger partial charge in [-0.15, -0.1) is 0 Å². The van der Waals surface area contributed by atoms with E-state index in [0.717, 1.165) is 43.9 Å². The summed E-state index contributed by atoms with van der Waals surface area (Å²) >= 11 is 0. The van der Waals surface area contributed by atoms with Crippen molar-refractivity contribution in [2.45, 2.75) is 6.42 Å². The fourth-order valence-corrected chi connectivity index (χ4v) is 3.07. The van der Waals surface area contributed by atoms with Gasteiger partial charge < -0.3 is 15.0 Å². The number of hydrogen-bond donors (Lipinski definition) is 1. The fourth-order valence-electron chi connectivity index (χ4n) is 3.07. The van der Waals surface area contributed by atoms with E-state index >= 15 is 0 Å². The third kappa shape index (κ3) is 5.17. The maximum Gasteiger partial charge on any atom is 0.321 e. The molecule has 2 aromatic rings. The van der Waals surface area contributed by atoms with Gasteiger partial charge in [0.2, 0.25) is 0 Å². The van der Waals surface area contributed by atoms with Gasteiger partial charge in [-0.1, -0.05) is 12.1 Å². The molecule has 1 aliphatic rings. The topological polar surface area (TPSA) is 44.8 Å². The largest absolute Gasteiger partial charge is 0.497 e. The quantitative estimate of drug-likeness (QED) is 0.872. The second kappa shape index (κ2) is 8.81. The van der Waals surface area contributed by atoms with Crippen LogP contribution in [-0.2, 0) is 6.42 Å². The number of benzene rings is 2. The Hall–Kier alpha value is -2.67. The van der Waals surface area contributed by atoms with Crippen molar-refractivity contribution in [1.29, 1.82) is 0 Å². The van der Waals surface area contributed by atoms with Crippen molar-refractivity contribution in [3.8, 4) is 5.75 Å². The number of ether oxygens (including phenoxy) is 1. The molecule has 0 radical (unpaired) electrons. The lowest BCUT2D eigenvalue weighted by Gasteiger charge is -2.34. The summed E-state index contributed by atoms with van der Waals surface area (Å²) in [5.41, 5.74) is 1.47. The maximum atomic E-state index is 13.2. The summed E-state index contributed by atoms with van der Waals surface area (Å²) in [5.74, 6) is -1.06. The smallest absolute Gasteiger partial charge is 0.321 e. The molecule has 1 N–H and O–H groups in total. The van der Waals surface area contributed by atoms with Crippen LogP contribution in [0, 0.1) is 11.6 Å². The Morgan fingerprint density at radius 1 is 1.07 bits per heavy atom. The van der Waals surface area contributed by atoms with Crippen LogP contribution in [0.4, 0.5) is 19.3 Å². The zero-order valence-electron chi connectivity index (χ0n) is 15.3. The van der Waals surface area contributed by atoms with E-state index in [9.17, 15) is 13.6 Å². The SMILES string of the molecule is COc1cccc(CCN2CCN(C(=O)Nc3ccc(F)c(F)c3)CC2)c1. The third-order valence-corrected chi connectivity index (χ3v) is 4.68. The van der Waals surface area contributed by atoms with Crippen molar-refractivity contribution in [3.05, 3.63) is 59.7 Å². The molecule has 7 heteroatoms. The van der Waals surface area contributed by atoms with E-state index in [2.05, 4.69) is 16.3 Å². The van der Waals surface area contributed by atoms with Crippen molar-refractivity contribution in [2.24, 2.45) is 0 Å². The van der Waals surface area contributed by atoms with E-state index in [1.807, 2.05) is 18.2 Å². The lowest BCUT2D eigenvalue weighted by atomic mass is 10.1. The maximum absolute atomic E-state index is 13.2. The predicted octanol–water partition coefficient (Wildman–Crippen LogP) is 3.37. The van der Waals surface area contributed by atoms with Gasteiger partial charge in [0.1, 0.15) is 5.75 Å². The first kappa shape index (κ1) is 19.1. The highest BCUT2D eigenvalue weighted by molar-refractivity contribution is 5.89. The van der Waals surface area contributed by atoms with Crippen LogP contribution in [0.15, 0.2) is 42.5 Å². The van der Waals surface area contributed by atoms with Gasteiger partial charge in [0.25, 0.3) is 0 Å². The molecule has 27 heavy (non-hydrogen) atoms. The van der Waals surface area contributed by atoms with Gasteiger partial charge in [0.15, 0.2) is 11.6 Å². The highest BCUT2D eigenvalue weighted by Gasteiger charge is 2.21.